The lowest BCUT2D eigenvalue weighted by Gasteiger charge is -2.11. The number of hydrogen-bond acceptors (Lipinski definition) is 4. The normalized spacial score (nSPS) is 10.2. The van der Waals surface area contributed by atoms with E-state index in [1.54, 1.807) is 13.3 Å². The van der Waals surface area contributed by atoms with E-state index >= 15 is 0 Å². The van der Waals surface area contributed by atoms with Crippen molar-refractivity contribution in [1.82, 2.24) is 4.98 Å². The van der Waals surface area contributed by atoms with E-state index in [9.17, 15) is 0 Å². The van der Waals surface area contributed by atoms with Gasteiger partial charge in [0.1, 0.15) is 0 Å². The van der Waals surface area contributed by atoms with Crippen LogP contribution in [0.1, 0.15) is 11.1 Å². The maximum Gasteiger partial charge on any atom is 0.222 e. The molecular weight excluding hydrogens is 228 g/mol. The van der Waals surface area contributed by atoms with E-state index in [1.807, 2.05) is 37.3 Å². The molecule has 1 aromatic heterocycles. The third-order valence-electron chi connectivity index (χ3n) is 2.60. The van der Waals surface area contributed by atoms with Gasteiger partial charge in [-0.05, 0) is 30.7 Å². The van der Waals surface area contributed by atoms with E-state index in [4.69, 9.17) is 15.2 Å². The van der Waals surface area contributed by atoms with Crippen LogP contribution in [0.3, 0.4) is 0 Å². The number of rotatable bonds is 4. The highest BCUT2D eigenvalue weighted by atomic mass is 16.5. The largest absolute Gasteiger partial charge is 0.493 e. The van der Waals surface area contributed by atoms with Crippen LogP contribution in [0, 0.1) is 6.92 Å². The molecule has 0 fully saturated rings. The summed E-state index contributed by atoms with van der Waals surface area (Å²) < 4.78 is 11.0. The molecule has 0 bridgehead atoms. The zero-order chi connectivity index (χ0) is 13.0. The van der Waals surface area contributed by atoms with Crippen molar-refractivity contribution in [2.75, 3.05) is 7.11 Å². The zero-order valence-electron chi connectivity index (χ0n) is 10.5. The second kappa shape index (κ2) is 5.51. The highest BCUT2D eigenvalue weighted by Crippen LogP contribution is 2.31. The molecule has 0 saturated carbocycles. The number of ether oxygens (including phenoxy) is 2. The lowest BCUT2D eigenvalue weighted by molar-refractivity contribution is 0.373. The lowest BCUT2D eigenvalue weighted by atomic mass is 10.2. The van der Waals surface area contributed by atoms with Gasteiger partial charge in [-0.25, -0.2) is 4.98 Å². The summed E-state index contributed by atoms with van der Waals surface area (Å²) in [6.07, 6.45) is 1.72. The number of aromatic nitrogens is 1. The third kappa shape index (κ3) is 2.60. The first-order chi connectivity index (χ1) is 8.74. The molecule has 0 radical (unpaired) electrons. The zero-order valence-corrected chi connectivity index (χ0v) is 10.5. The SMILES string of the molecule is COc1ccccc1Oc1ncc(CN)cc1C. The molecule has 2 rings (SSSR count). The van der Waals surface area contributed by atoms with Crippen molar-refractivity contribution in [1.29, 1.82) is 0 Å². The molecule has 1 aromatic carbocycles. The topological polar surface area (TPSA) is 57.4 Å². The van der Waals surface area contributed by atoms with Gasteiger partial charge >= 0.3 is 0 Å². The van der Waals surface area contributed by atoms with Crippen LogP contribution in [0.25, 0.3) is 0 Å². The van der Waals surface area contributed by atoms with E-state index in [-0.39, 0.29) is 0 Å². The van der Waals surface area contributed by atoms with Gasteiger partial charge in [0.2, 0.25) is 5.88 Å². The van der Waals surface area contributed by atoms with Gasteiger partial charge in [-0.1, -0.05) is 12.1 Å². The van der Waals surface area contributed by atoms with E-state index < -0.39 is 0 Å². The van der Waals surface area contributed by atoms with Crippen molar-refractivity contribution in [3.8, 4) is 17.4 Å². The lowest BCUT2D eigenvalue weighted by Crippen LogP contribution is -2.00. The number of hydrogen-bond donors (Lipinski definition) is 1. The fraction of sp³-hybridized carbons (Fsp3) is 0.214. The highest BCUT2D eigenvalue weighted by molar-refractivity contribution is 5.43. The first-order valence-corrected chi connectivity index (χ1v) is 5.71. The number of nitrogens with two attached hydrogens (primary N) is 1. The molecule has 2 N–H and O–H groups in total. The predicted molar refractivity (Wildman–Crippen MR) is 69.9 cm³/mol. The monoisotopic (exact) mass is 244 g/mol. The molecule has 0 aliphatic heterocycles. The molecule has 0 amide bonds. The predicted octanol–water partition coefficient (Wildman–Crippen LogP) is 2.65. The molecule has 0 spiro atoms. The Balaban J connectivity index is 2.28. The molecule has 18 heavy (non-hydrogen) atoms. The average molecular weight is 244 g/mol. The Morgan fingerprint density at radius 1 is 1.22 bits per heavy atom. The van der Waals surface area contributed by atoms with Crippen molar-refractivity contribution < 1.29 is 9.47 Å². The molecule has 0 aliphatic carbocycles. The summed E-state index contributed by atoms with van der Waals surface area (Å²) in [4.78, 5) is 4.26. The van der Waals surface area contributed by atoms with Gasteiger partial charge < -0.3 is 15.2 Å². The highest BCUT2D eigenvalue weighted by Gasteiger charge is 2.08. The van der Waals surface area contributed by atoms with Gasteiger partial charge in [0.15, 0.2) is 11.5 Å². The van der Waals surface area contributed by atoms with Crippen LogP contribution in [0.4, 0.5) is 0 Å². The fourth-order valence-electron chi connectivity index (χ4n) is 1.65. The Labute approximate surface area is 106 Å². The van der Waals surface area contributed by atoms with Crippen molar-refractivity contribution in [3.05, 3.63) is 47.7 Å². The Hall–Kier alpha value is -2.07. The summed E-state index contributed by atoms with van der Waals surface area (Å²) in [5, 5.41) is 0. The first kappa shape index (κ1) is 12.4. The number of nitrogens with zero attached hydrogens (tertiary/aromatic N) is 1. The summed E-state index contributed by atoms with van der Waals surface area (Å²) >= 11 is 0. The Morgan fingerprint density at radius 2 is 1.94 bits per heavy atom. The summed E-state index contributed by atoms with van der Waals surface area (Å²) in [6, 6.07) is 9.44. The van der Waals surface area contributed by atoms with Gasteiger partial charge in [0, 0.05) is 18.3 Å². The quantitative estimate of drug-likeness (QED) is 0.898. The minimum absolute atomic E-state index is 0.475. The Kier molecular flexibility index (Phi) is 3.79. The summed E-state index contributed by atoms with van der Waals surface area (Å²) in [5.74, 6) is 1.90. The number of aryl methyl sites for hydroxylation is 1. The van der Waals surface area contributed by atoms with E-state index in [0.29, 0.717) is 23.9 Å². The van der Waals surface area contributed by atoms with Gasteiger partial charge in [-0.15, -0.1) is 0 Å². The average Bonchev–Trinajstić information content (AvgIpc) is 2.41. The molecule has 4 heteroatoms. The van der Waals surface area contributed by atoms with Crippen molar-refractivity contribution in [2.45, 2.75) is 13.5 Å². The van der Waals surface area contributed by atoms with Crippen LogP contribution in [0.15, 0.2) is 36.5 Å². The standard InChI is InChI=1S/C14H16N2O2/c1-10-7-11(8-15)9-16-14(10)18-13-6-4-3-5-12(13)17-2/h3-7,9H,8,15H2,1-2H3. The van der Waals surface area contributed by atoms with Crippen LogP contribution >= 0.6 is 0 Å². The van der Waals surface area contributed by atoms with Crippen molar-refractivity contribution in [2.24, 2.45) is 5.73 Å². The molecule has 0 atom stereocenters. The second-order valence-corrected chi connectivity index (χ2v) is 3.92. The van der Waals surface area contributed by atoms with Gasteiger partial charge in [-0.2, -0.15) is 0 Å². The van der Waals surface area contributed by atoms with Crippen LogP contribution in [-0.2, 0) is 6.54 Å². The summed E-state index contributed by atoms with van der Waals surface area (Å²) in [7, 11) is 1.61. The van der Waals surface area contributed by atoms with Crippen LogP contribution < -0.4 is 15.2 Å². The van der Waals surface area contributed by atoms with Gasteiger partial charge in [0.25, 0.3) is 0 Å². The summed E-state index contributed by atoms with van der Waals surface area (Å²) in [6.45, 7) is 2.42. The maximum absolute atomic E-state index is 5.75. The fourth-order valence-corrected chi connectivity index (χ4v) is 1.65. The van der Waals surface area contributed by atoms with Gasteiger partial charge in [0.05, 0.1) is 7.11 Å². The molecule has 0 unspecified atom stereocenters. The smallest absolute Gasteiger partial charge is 0.222 e. The molecule has 94 valence electrons. The summed E-state index contributed by atoms with van der Waals surface area (Å²) in [5.41, 5.74) is 7.50. The maximum atomic E-state index is 5.75. The molecule has 2 aromatic rings. The number of pyridine rings is 1. The van der Waals surface area contributed by atoms with Crippen LogP contribution in [0.5, 0.6) is 17.4 Å². The van der Waals surface area contributed by atoms with Crippen LogP contribution in [0.2, 0.25) is 0 Å². The number of methoxy groups -OCH3 is 1. The Morgan fingerprint density at radius 3 is 2.56 bits per heavy atom. The van der Waals surface area contributed by atoms with Crippen molar-refractivity contribution >= 4 is 0 Å². The third-order valence-corrected chi connectivity index (χ3v) is 2.60. The van der Waals surface area contributed by atoms with Crippen LogP contribution in [-0.4, -0.2) is 12.1 Å². The van der Waals surface area contributed by atoms with E-state index in [0.717, 1.165) is 11.1 Å². The van der Waals surface area contributed by atoms with E-state index in [2.05, 4.69) is 4.98 Å². The second-order valence-electron chi connectivity index (χ2n) is 3.92. The minimum Gasteiger partial charge on any atom is -0.493 e. The molecular formula is C14H16N2O2. The van der Waals surface area contributed by atoms with Crippen molar-refractivity contribution in [3.63, 3.8) is 0 Å². The van der Waals surface area contributed by atoms with Gasteiger partial charge in [-0.3, -0.25) is 0 Å². The Bertz CT molecular complexity index is 541. The minimum atomic E-state index is 0.475. The molecule has 1 heterocycles. The molecule has 0 saturated heterocycles. The van der Waals surface area contributed by atoms with E-state index in [1.165, 1.54) is 0 Å². The molecule has 0 aliphatic rings. The molecule has 4 nitrogen and oxygen atoms in total. The number of benzene rings is 1. The number of para-hydroxylation sites is 2. The first-order valence-electron chi connectivity index (χ1n) is 5.71.